The molecule has 1 unspecified atom stereocenters. The second kappa shape index (κ2) is 7.95. The van der Waals surface area contributed by atoms with Crippen molar-refractivity contribution in [2.45, 2.75) is 24.4 Å². The van der Waals surface area contributed by atoms with Gasteiger partial charge in [0.1, 0.15) is 5.82 Å². The van der Waals surface area contributed by atoms with Crippen LogP contribution in [-0.4, -0.2) is 97.9 Å². The number of morpholine rings is 1. The quantitative estimate of drug-likeness (QED) is 0.765. The number of hydrogen-bond acceptors (Lipinski definition) is 5. The number of benzene rings is 1. The molecule has 1 aromatic rings. The molecule has 4 heterocycles. The summed E-state index contributed by atoms with van der Waals surface area (Å²) in [5.41, 5.74) is 0.143. The predicted octanol–water partition coefficient (Wildman–Crippen LogP) is 1.46. The smallest absolute Gasteiger partial charge is 0.256 e. The van der Waals surface area contributed by atoms with Crippen molar-refractivity contribution in [2.24, 2.45) is 5.92 Å². The van der Waals surface area contributed by atoms with Crippen molar-refractivity contribution in [3.05, 3.63) is 35.6 Å². The third-order valence-corrected chi connectivity index (χ3v) is 7.04. The maximum atomic E-state index is 14.2. The number of piperazine rings is 1. The van der Waals surface area contributed by atoms with Crippen LogP contribution in [0.1, 0.15) is 23.2 Å². The first kappa shape index (κ1) is 19.4. The van der Waals surface area contributed by atoms with Gasteiger partial charge in [0.05, 0.1) is 30.4 Å². The standard InChI is InChI=1S/C22H30FN3O3/c23-20-4-2-1-3-19(20)21(27)25-12-18-13-29-10-7-26(18)22(16-25)14-24(15-22)11-17-5-8-28-9-6-17/h1-4,17-18H,5-16H2. The van der Waals surface area contributed by atoms with E-state index in [1.165, 1.54) is 6.07 Å². The van der Waals surface area contributed by atoms with E-state index in [1.807, 2.05) is 4.90 Å². The number of carbonyl (C=O) groups is 1. The zero-order valence-corrected chi connectivity index (χ0v) is 16.9. The van der Waals surface area contributed by atoms with Crippen LogP contribution in [0.4, 0.5) is 4.39 Å². The topological polar surface area (TPSA) is 45.2 Å². The lowest BCUT2D eigenvalue weighted by molar-refractivity contribution is -0.161. The number of carbonyl (C=O) groups excluding carboxylic acids is 1. The molecule has 7 heteroatoms. The van der Waals surface area contributed by atoms with Crippen molar-refractivity contribution in [3.8, 4) is 0 Å². The summed E-state index contributed by atoms with van der Waals surface area (Å²) in [6, 6.07) is 6.50. The molecule has 6 nitrogen and oxygen atoms in total. The molecule has 1 amide bonds. The highest BCUT2D eigenvalue weighted by Crippen LogP contribution is 2.37. The zero-order valence-electron chi connectivity index (χ0n) is 16.9. The molecule has 0 aromatic heterocycles. The van der Waals surface area contributed by atoms with Crippen molar-refractivity contribution < 1.29 is 18.7 Å². The normalized spacial score (nSPS) is 28.2. The number of rotatable bonds is 3. The molecule has 1 spiro atoms. The molecule has 0 saturated carbocycles. The number of amides is 1. The monoisotopic (exact) mass is 403 g/mol. The zero-order chi connectivity index (χ0) is 19.8. The summed E-state index contributed by atoms with van der Waals surface area (Å²) in [5, 5.41) is 0. The highest BCUT2D eigenvalue weighted by molar-refractivity contribution is 5.94. The minimum absolute atomic E-state index is 0.0290. The van der Waals surface area contributed by atoms with Gasteiger partial charge in [0.15, 0.2) is 0 Å². The fourth-order valence-corrected chi connectivity index (χ4v) is 5.65. The van der Waals surface area contributed by atoms with Crippen LogP contribution in [-0.2, 0) is 9.47 Å². The number of likely N-dealkylation sites (tertiary alicyclic amines) is 1. The maximum absolute atomic E-state index is 14.2. The lowest BCUT2D eigenvalue weighted by Crippen LogP contribution is -2.81. The van der Waals surface area contributed by atoms with Gasteiger partial charge >= 0.3 is 0 Å². The van der Waals surface area contributed by atoms with E-state index < -0.39 is 5.82 Å². The summed E-state index contributed by atoms with van der Waals surface area (Å²) in [4.78, 5) is 20.1. The summed E-state index contributed by atoms with van der Waals surface area (Å²) in [5.74, 6) is 0.0699. The lowest BCUT2D eigenvalue weighted by atomic mass is 9.81. The summed E-state index contributed by atoms with van der Waals surface area (Å²) in [6.07, 6.45) is 2.28. The Morgan fingerprint density at radius 3 is 2.69 bits per heavy atom. The molecule has 0 bridgehead atoms. The lowest BCUT2D eigenvalue weighted by Gasteiger charge is -2.63. The molecule has 158 valence electrons. The average molecular weight is 403 g/mol. The van der Waals surface area contributed by atoms with Gasteiger partial charge in [-0.05, 0) is 30.9 Å². The minimum Gasteiger partial charge on any atom is -0.381 e. The average Bonchev–Trinajstić information content (AvgIpc) is 2.73. The van der Waals surface area contributed by atoms with E-state index >= 15 is 0 Å². The van der Waals surface area contributed by atoms with Crippen LogP contribution in [0.15, 0.2) is 24.3 Å². The number of hydrogen-bond donors (Lipinski definition) is 0. The SMILES string of the molecule is O=C(c1ccccc1F)N1CC2COCCN2C2(CN(CC3CCOCC3)C2)C1. The Morgan fingerprint density at radius 1 is 1.10 bits per heavy atom. The van der Waals surface area contributed by atoms with Crippen LogP contribution < -0.4 is 0 Å². The first-order valence-corrected chi connectivity index (χ1v) is 10.8. The fraction of sp³-hybridized carbons (Fsp3) is 0.682. The largest absolute Gasteiger partial charge is 0.381 e. The Kier molecular flexibility index (Phi) is 5.32. The van der Waals surface area contributed by atoms with Crippen molar-refractivity contribution >= 4 is 5.91 Å². The second-order valence-electron chi connectivity index (χ2n) is 9.04. The number of nitrogens with zero attached hydrogens (tertiary/aromatic N) is 3. The molecule has 4 aliphatic heterocycles. The van der Waals surface area contributed by atoms with E-state index in [0.717, 1.165) is 58.8 Å². The molecule has 0 N–H and O–H groups in total. The van der Waals surface area contributed by atoms with Gasteiger partial charge in [-0.3, -0.25) is 14.6 Å². The van der Waals surface area contributed by atoms with E-state index in [9.17, 15) is 9.18 Å². The van der Waals surface area contributed by atoms with Gasteiger partial charge in [-0.2, -0.15) is 0 Å². The molecule has 5 rings (SSSR count). The molecule has 4 aliphatic rings. The van der Waals surface area contributed by atoms with Crippen LogP contribution in [0.25, 0.3) is 0 Å². The van der Waals surface area contributed by atoms with E-state index in [4.69, 9.17) is 9.47 Å². The van der Waals surface area contributed by atoms with Crippen LogP contribution in [0.3, 0.4) is 0 Å². The molecule has 0 radical (unpaired) electrons. The first-order chi connectivity index (χ1) is 14.1. The van der Waals surface area contributed by atoms with E-state index in [-0.39, 0.29) is 23.1 Å². The van der Waals surface area contributed by atoms with Gasteiger partial charge in [-0.15, -0.1) is 0 Å². The molecular formula is C22H30FN3O3. The van der Waals surface area contributed by atoms with Gasteiger partial charge in [0.2, 0.25) is 0 Å². The molecule has 29 heavy (non-hydrogen) atoms. The van der Waals surface area contributed by atoms with Gasteiger partial charge in [-0.25, -0.2) is 4.39 Å². The van der Waals surface area contributed by atoms with E-state index in [1.54, 1.807) is 18.2 Å². The Bertz CT molecular complexity index is 749. The van der Waals surface area contributed by atoms with E-state index in [2.05, 4.69) is 9.80 Å². The van der Waals surface area contributed by atoms with Crippen molar-refractivity contribution in [3.63, 3.8) is 0 Å². The van der Waals surface area contributed by atoms with Crippen molar-refractivity contribution in [1.29, 1.82) is 0 Å². The van der Waals surface area contributed by atoms with Crippen LogP contribution >= 0.6 is 0 Å². The highest BCUT2D eigenvalue weighted by Gasteiger charge is 2.55. The van der Waals surface area contributed by atoms with Gasteiger partial charge < -0.3 is 14.4 Å². The molecule has 1 atom stereocenters. The Labute approximate surface area is 171 Å². The number of ether oxygens (including phenoxy) is 2. The van der Waals surface area contributed by atoms with Crippen molar-refractivity contribution in [2.75, 3.05) is 65.7 Å². The minimum atomic E-state index is -0.441. The van der Waals surface area contributed by atoms with Gasteiger partial charge in [0, 0.05) is 52.5 Å². The third kappa shape index (κ3) is 3.69. The van der Waals surface area contributed by atoms with Crippen LogP contribution in [0, 0.1) is 11.7 Å². The summed E-state index contributed by atoms with van der Waals surface area (Å²) >= 11 is 0. The molecule has 1 aromatic carbocycles. The molecule has 4 saturated heterocycles. The summed E-state index contributed by atoms with van der Waals surface area (Å²) in [6.45, 7) is 8.39. The van der Waals surface area contributed by atoms with Crippen LogP contribution in [0.5, 0.6) is 0 Å². The van der Waals surface area contributed by atoms with Crippen LogP contribution in [0.2, 0.25) is 0 Å². The summed E-state index contributed by atoms with van der Waals surface area (Å²) < 4.78 is 25.5. The van der Waals surface area contributed by atoms with Crippen molar-refractivity contribution in [1.82, 2.24) is 14.7 Å². The Morgan fingerprint density at radius 2 is 1.90 bits per heavy atom. The molecular weight excluding hydrogens is 373 g/mol. The van der Waals surface area contributed by atoms with E-state index in [0.29, 0.717) is 25.6 Å². The third-order valence-electron chi connectivity index (χ3n) is 7.04. The van der Waals surface area contributed by atoms with Gasteiger partial charge in [0.25, 0.3) is 5.91 Å². The number of fused-ring (bicyclic) bond motifs is 2. The van der Waals surface area contributed by atoms with Gasteiger partial charge in [-0.1, -0.05) is 12.1 Å². The molecule has 0 aliphatic carbocycles. The molecule has 4 fully saturated rings. The number of halogens is 1. The highest BCUT2D eigenvalue weighted by atomic mass is 19.1. The fourth-order valence-electron chi connectivity index (χ4n) is 5.65. The Hall–Kier alpha value is -1.54. The second-order valence-corrected chi connectivity index (χ2v) is 9.04. The summed E-state index contributed by atoms with van der Waals surface area (Å²) in [7, 11) is 0. The maximum Gasteiger partial charge on any atom is 0.256 e. The first-order valence-electron chi connectivity index (χ1n) is 10.8. The Balaban J connectivity index is 1.31. The predicted molar refractivity (Wildman–Crippen MR) is 106 cm³/mol.